The molecule has 0 aliphatic heterocycles. The lowest BCUT2D eigenvalue weighted by Crippen LogP contribution is -2.27. The smallest absolute Gasteiger partial charge is 0.475 e. The average Bonchev–Trinajstić information content (AvgIpc) is 3.13. The number of halogens is 5. The lowest BCUT2D eigenvalue weighted by Gasteiger charge is -2.17. The van der Waals surface area contributed by atoms with Crippen molar-refractivity contribution in [2.75, 3.05) is 6.61 Å². The van der Waals surface area contributed by atoms with E-state index >= 15 is 0 Å². The van der Waals surface area contributed by atoms with Crippen LogP contribution < -0.4 is 10.9 Å². The second-order valence-corrected chi connectivity index (χ2v) is 6.60. The lowest BCUT2D eigenvalue weighted by atomic mass is 10.1. The van der Waals surface area contributed by atoms with Crippen molar-refractivity contribution in [2.45, 2.75) is 18.8 Å². The van der Waals surface area contributed by atoms with Crippen LogP contribution in [0.25, 0.3) is 10.2 Å². The molecule has 0 radical (unpaired) electrons. The highest BCUT2D eigenvalue weighted by atomic mass is 32.1. The van der Waals surface area contributed by atoms with Crippen LogP contribution in [-0.4, -0.2) is 38.9 Å². The summed E-state index contributed by atoms with van der Waals surface area (Å²) in [5.74, 6) is -3.91. The van der Waals surface area contributed by atoms with Gasteiger partial charge in [0.15, 0.2) is 0 Å². The van der Waals surface area contributed by atoms with Crippen LogP contribution in [0.4, 0.5) is 22.0 Å². The first-order chi connectivity index (χ1) is 14.0. The van der Waals surface area contributed by atoms with E-state index < -0.39 is 36.4 Å². The highest BCUT2D eigenvalue weighted by Gasteiger charge is 2.38. The monoisotopic (exact) mass is 451 g/mol. The number of benzene rings is 1. The maximum absolute atomic E-state index is 13.8. The molecule has 2 heterocycles. The van der Waals surface area contributed by atoms with E-state index in [1.54, 1.807) is 11.4 Å². The zero-order valence-electron chi connectivity index (χ0n) is 14.8. The maximum Gasteiger partial charge on any atom is 0.490 e. The highest BCUT2D eigenvalue weighted by molar-refractivity contribution is 7.16. The number of aliphatic hydroxyl groups excluding tert-OH is 1. The van der Waals surface area contributed by atoms with Gasteiger partial charge in [-0.25, -0.2) is 18.6 Å². The molecule has 3 aromatic rings. The number of alkyl halides is 3. The average molecular weight is 451 g/mol. The molecular weight excluding hydrogens is 437 g/mol. The maximum atomic E-state index is 13.8. The van der Waals surface area contributed by atoms with Crippen molar-refractivity contribution in [3.63, 3.8) is 0 Å². The van der Waals surface area contributed by atoms with Gasteiger partial charge in [-0.15, -0.1) is 11.3 Å². The highest BCUT2D eigenvalue weighted by Crippen LogP contribution is 2.21. The third kappa shape index (κ3) is 5.81. The van der Waals surface area contributed by atoms with Crippen molar-refractivity contribution in [1.29, 1.82) is 0 Å². The number of carboxylic acids is 1. The van der Waals surface area contributed by atoms with Crippen LogP contribution in [0.1, 0.15) is 17.4 Å². The number of thiophene rings is 1. The van der Waals surface area contributed by atoms with Crippen molar-refractivity contribution < 1.29 is 37.0 Å². The van der Waals surface area contributed by atoms with Gasteiger partial charge in [-0.05, 0) is 23.6 Å². The molecular formula is C17H14F5N3O4S. The Morgan fingerprint density at radius 3 is 2.37 bits per heavy atom. The number of carboxylic acid groups (broad SMARTS) is 1. The summed E-state index contributed by atoms with van der Waals surface area (Å²) in [5, 5.41) is 21.6. The third-order valence-electron chi connectivity index (χ3n) is 3.67. The van der Waals surface area contributed by atoms with E-state index in [0.717, 1.165) is 12.1 Å². The molecule has 4 N–H and O–H groups in total. The molecule has 7 nitrogen and oxygen atoms in total. The summed E-state index contributed by atoms with van der Waals surface area (Å²) >= 11 is 1.33. The van der Waals surface area contributed by atoms with Crippen molar-refractivity contribution >= 4 is 27.5 Å². The Hall–Kier alpha value is -2.90. The quantitative estimate of drug-likeness (QED) is 0.444. The standard InChI is InChI=1S/C15H13F2N3O2S.C2HF3O2/c16-9-2-1-3-10(17)13(9)11(7-21)18-6-12-19-14(22)8-4-5-23-15(8)20-12;3-2(4,5)1(6)7/h1-5,11,18,21H,6-7H2,(H,19,20,22);(H,6,7). The zero-order chi connectivity index (χ0) is 22.5. The second-order valence-electron chi connectivity index (χ2n) is 5.71. The Bertz CT molecular complexity index is 1060. The number of aromatic amines is 1. The van der Waals surface area contributed by atoms with Gasteiger partial charge >= 0.3 is 12.1 Å². The molecule has 0 amide bonds. The fourth-order valence-corrected chi connectivity index (χ4v) is 3.10. The molecule has 0 bridgehead atoms. The van der Waals surface area contributed by atoms with E-state index in [9.17, 15) is 31.9 Å². The first-order valence-electron chi connectivity index (χ1n) is 8.09. The summed E-state index contributed by atoms with van der Waals surface area (Å²) in [7, 11) is 0. The zero-order valence-corrected chi connectivity index (χ0v) is 15.7. The summed E-state index contributed by atoms with van der Waals surface area (Å²) in [6, 6.07) is 4.24. The molecule has 0 aliphatic carbocycles. The first-order valence-corrected chi connectivity index (χ1v) is 8.97. The van der Waals surface area contributed by atoms with Crippen molar-refractivity contribution in [3.05, 3.63) is 63.0 Å². The van der Waals surface area contributed by atoms with Gasteiger partial charge in [-0.1, -0.05) is 6.07 Å². The molecule has 1 atom stereocenters. The van der Waals surface area contributed by atoms with Crippen LogP contribution in [0.5, 0.6) is 0 Å². The minimum atomic E-state index is -5.08. The molecule has 162 valence electrons. The second kappa shape index (κ2) is 9.73. The largest absolute Gasteiger partial charge is 0.490 e. The van der Waals surface area contributed by atoms with Gasteiger partial charge < -0.3 is 20.5 Å². The number of nitrogens with one attached hydrogen (secondary N) is 2. The Labute approximate surface area is 168 Å². The molecule has 0 spiro atoms. The Balaban J connectivity index is 0.000000396. The Kier molecular flexibility index (Phi) is 7.59. The normalized spacial score (nSPS) is 12.3. The van der Waals surface area contributed by atoms with Crippen molar-refractivity contribution in [3.8, 4) is 0 Å². The van der Waals surface area contributed by atoms with Gasteiger partial charge in [0.05, 0.1) is 24.6 Å². The Morgan fingerprint density at radius 2 is 1.83 bits per heavy atom. The topological polar surface area (TPSA) is 115 Å². The molecule has 0 fully saturated rings. The molecule has 2 aromatic heterocycles. The molecule has 0 aliphatic rings. The minimum absolute atomic E-state index is 0.0576. The van der Waals surface area contributed by atoms with Gasteiger partial charge in [0.25, 0.3) is 5.56 Å². The summed E-state index contributed by atoms with van der Waals surface area (Å²) in [5.41, 5.74) is -0.514. The van der Waals surface area contributed by atoms with E-state index in [1.807, 2.05) is 0 Å². The summed E-state index contributed by atoms with van der Waals surface area (Å²) in [6.07, 6.45) is -5.08. The predicted octanol–water partition coefficient (Wildman–Crippen LogP) is 2.72. The van der Waals surface area contributed by atoms with E-state index in [0.29, 0.717) is 16.0 Å². The van der Waals surface area contributed by atoms with E-state index in [1.165, 1.54) is 17.4 Å². The number of hydrogen-bond donors (Lipinski definition) is 4. The van der Waals surface area contributed by atoms with E-state index in [4.69, 9.17) is 9.90 Å². The number of aliphatic hydroxyl groups is 1. The fourth-order valence-electron chi connectivity index (χ4n) is 2.31. The van der Waals surface area contributed by atoms with Crippen molar-refractivity contribution in [2.24, 2.45) is 0 Å². The summed E-state index contributed by atoms with van der Waals surface area (Å²) in [4.78, 5) is 28.2. The van der Waals surface area contributed by atoms with Gasteiger partial charge in [-0.3, -0.25) is 4.79 Å². The third-order valence-corrected chi connectivity index (χ3v) is 4.48. The number of H-pyrrole nitrogens is 1. The number of aliphatic carboxylic acids is 1. The van der Waals surface area contributed by atoms with Crippen LogP contribution in [-0.2, 0) is 11.3 Å². The van der Waals surface area contributed by atoms with Gasteiger partial charge in [0.1, 0.15) is 22.3 Å². The number of nitrogens with zero attached hydrogens (tertiary/aromatic N) is 1. The molecule has 3 rings (SSSR count). The lowest BCUT2D eigenvalue weighted by molar-refractivity contribution is -0.192. The minimum Gasteiger partial charge on any atom is -0.475 e. The van der Waals surface area contributed by atoms with Crippen LogP contribution in [0, 0.1) is 11.6 Å². The number of hydrogen-bond acceptors (Lipinski definition) is 6. The molecule has 0 saturated carbocycles. The number of carbonyl (C=O) groups is 1. The van der Waals surface area contributed by atoms with Gasteiger partial charge in [0.2, 0.25) is 0 Å². The van der Waals surface area contributed by atoms with E-state index in [-0.39, 0.29) is 17.7 Å². The number of aromatic nitrogens is 2. The summed E-state index contributed by atoms with van der Waals surface area (Å²) in [6.45, 7) is -0.439. The number of rotatable bonds is 5. The molecule has 13 heteroatoms. The van der Waals surface area contributed by atoms with Crippen LogP contribution in [0.15, 0.2) is 34.4 Å². The van der Waals surface area contributed by atoms with Gasteiger partial charge in [-0.2, -0.15) is 13.2 Å². The Morgan fingerprint density at radius 1 is 1.23 bits per heavy atom. The molecule has 1 unspecified atom stereocenters. The van der Waals surface area contributed by atoms with Crippen LogP contribution in [0.3, 0.4) is 0 Å². The SMILES string of the molecule is O=C(O)C(F)(F)F.O=c1[nH]c(CNC(CO)c2c(F)cccc2F)nc2sccc12. The van der Waals surface area contributed by atoms with Crippen LogP contribution >= 0.6 is 11.3 Å². The number of fused-ring (bicyclic) bond motifs is 1. The van der Waals surface area contributed by atoms with E-state index in [2.05, 4.69) is 15.3 Å². The van der Waals surface area contributed by atoms with Gasteiger partial charge in [0, 0.05) is 5.56 Å². The molecule has 30 heavy (non-hydrogen) atoms. The molecule has 1 aromatic carbocycles. The van der Waals surface area contributed by atoms with Crippen molar-refractivity contribution in [1.82, 2.24) is 15.3 Å². The first kappa shape index (κ1) is 23.4. The molecule has 0 saturated heterocycles. The fraction of sp³-hybridized carbons (Fsp3) is 0.235. The predicted molar refractivity (Wildman–Crippen MR) is 97.0 cm³/mol. The summed E-state index contributed by atoms with van der Waals surface area (Å²) < 4.78 is 59.3. The van der Waals surface area contributed by atoms with Crippen LogP contribution in [0.2, 0.25) is 0 Å².